The van der Waals surface area contributed by atoms with Gasteiger partial charge in [0.05, 0.1) is 12.2 Å². The van der Waals surface area contributed by atoms with Crippen molar-refractivity contribution in [3.8, 4) is 5.75 Å². The summed E-state index contributed by atoms with van der Waals surface area (Å²) < 4.78 is 13.5. The summed E-state index contributed by atoms with van der Waals surface area (Å²) in [6.07, 6.45) is 2.97. The van der Waals surface area contributed by atoms with Gasteiger partial charge in [-0.3, -0.25) is 0 Å². The SMILES string of the molecule is CCCCSc1nc2n(n1)C(c1cccc(OCc3ccccc3C)c1)C(C(=O)OCCC)=C(C)N2. The fourth-order valence-electron chi connectivity index (χ4n) is 4.05. The number of unbranched alkanes of at least 4 members (excludes halogenated alkanes) is 1. The quantitative estimate of drug-likeness (QED) is 0.186. The topological polar surface area (TPSA) is 78.3 Å². The van der Waals surface area contributed by atoms with Gasteiger partial charge in [-0.25, -0.2) is 9.48 Å². The first-order valence-electron chi connectivity index (χ1n) is 12.5. The van der Waals surface area contributed by atoms with Crippen LogP contribution in [0.2, 0.25) is 0 Å². The molecule has 0 amide bonds. The third-order valence-corrected chi connectivity index (χ3v) is 6.97. The Morgan fingerprint density at radius 2 is 1.94 bits per heavy atom. The number of carbonyl (C=O) groups excluding carboxylic acids is 1. The maximum absolute atomic E-state index is 13.2. The molecule has 0 radical (unpaired) electrons. The van der Waals surface area contributed by atoms with Gasteiger partial charge in [0.1, 0.15) is 18.4 Å². The molecule has 1 unspecified atom stereocenters. The normalized spacial score (nSPS) is 14.8. The van der Waals surface area contributed by atoms with Crippen molar-refractivity contribution in [2.45, 2.75) is 64.8 Å². The van der Waals surface area contributed by atoms with Gasteiger partial charge in [0.2, 0.25) is 11.1 Å². The van der Waals surface area contributed by atoms with E-state index in [1.807, 2.05) is 50.2 Å². The molecule has 8 heteroatoms. The molecular formula is C28H34N4O3S. The number of carbonyl (C=O) groups is 1. The van der Waals surface area contributed by atoms with Crippen molar-refractivity contribution in [2.75, 3.05) is 17.7 Å². The molecule has 190 valence electrons. The summed E-state index contributed by atoms with van der Waals surface area (Å²) in [6, 6.07) is 15.6. The van der Waals surface area contributed by atoms with Crippen LogP contribution in [0.3, 0.4) is 0 Å². The number of anilines is 1. The predicted octanol–water partition coefficient (Wildman–Crippen LogP) is 6.30. The van der Waals surface area contributed by atoms with Gasteiger partial charge in [0.25, 0.3) is 0 Å². The Balaban J connectivity index is 1.67. The number of esters is 1. The summed E-state index contributed by atoms with van der Waals surface area (Å²) in [6.45, 7) is 8.94. The molecule has 0 saturated heterocycles. The Labute approximate surface area is 217 Å². The van der Waals surface area contributed by atoms with Gasteiger partial charge in [-0.2, -0.15) is 4.98 Å². The molecule has 2 aromatic carbocycles. The number of aryl methyl sites for hydroxylation is 1. The number of benzene rings is 2. The molecule has 1 aromatic heterocycles. The summed E-state index contributed by atoms with van der Waals surface area (Å²) in [4.78, 5) is 17.9. The third kappa shape index (κ3) is 5.93. The fourth-order valence-corrected chi connectivity index (χ4v) is 4.97. The number of nitrogens with one attached hydrogen (secondary N) is 1. The molecule has 0 bridgehead atoms. The number of thioether (sulfide) groups is 1. The Hall–Kier alpha value is -3.26. The molecule has 1 atom stereocenters. The second kappa shape index (κ2) is 12.1. The summed E-state index contributed by atoms with van der Waals surface area (Å²) in [5.41, 5.74) is 4.46. The number of allylic oxidation sites excluding steroid dienone is 1. The first-order valence-corrected chi connectivity index (χ1v) is 13.5. The summed E-state index contributed by atoms with van der Waals surface area (Å²) in [5.74, 6) is 1.95. The van der Waals surface area contributed by atoms with E-state index in [0.29, 0.717) is 29.9 Å². The minimum Gasteiger partial charge on any atom is -0.489 e. The maximum atomic E-state index is 13.2. The van der Waals surface area contributed by atoms with E-state index in [2.05, 4.69) is 31.3 Å². The number of nitrogens with zero attached hydrogens (tertiary/aromatic N) is 3. The summed E-state index contributed by atoms with van der Waals surface area (Å²) >= 11 is 1.63. The molecule has 1 N–H and O–H groups in total. The molecule has 3 aromatic rings. The second-order valence-electron chi connectivity index (χ2n) is 8.85. The van der Waals surface area contributed by atoms with Crippen LogP contribution in [0.5, 0.6) is 5.75 Å². The van der Waals surface area contributed by atoms with Gasteiger partial charge >= 0.3 is 5.97 Å². The van der Waals surface area contributed by atoms with Crippen LogP contribution in [0.25, 0.3) is 0 Å². The molecule has 4 rings (SSSR count). The number of ether oxygens (including phenoxy) is 2. The van der Waals surface area contributed by atoms with Crippen molar-refractivity contribution in [1.29, 1.82) is 0 Å². The first kappa shape index (κ1) is 25.8. The number of hydrogen-bond acceptors (Lipinski definition) is 7. The molecule has 0 spiro atoms. The van der Waals surface area contributed by atoms with Crippen LogP contribution < -0.4 is 10.1 Å². The third-order valence-electron chi connectivity index (χ3n) is 6.05. The molecule has 1 aliphatic rings. The lowest BCUT2D eigenvalue weighted by Crippen LogP contribution is -2.29. The molecule has 1 aliphatic heterocycles. The van der Waals surface area contributed by atoms with Crippen molar-refractivity contribution < 1.29 is 14.3 Å². The van der Waals surface area contributed by atoms with Crippen LogP contribution in [0.4, 0.5) is 5.95 Å². The largest absolute Gasteiger partial charge is 0.489 e. The lowest BCUT2D eigenvalue weighted by molar-refractivity contribution is -0.139. The number of hydrogen-bond donors (Lipinski definition) is 1. The van der Waals surface area contributed by atoms with E-state index in [1.54, 1.807) is 16.4 Å². The van der Waals surface area contributed by atoms with Crippen molar-refractivity contribution >= 4 is 23.7 Å². The second-order valence-corrected chi connectivity index (χ2v) is 9.92. The zero-order valence-corrected chi connectivity index (χ0v) is 22.2. The summed E-state index contributed by atoms with van der Waals surface area (Å²) in [7, 11) is 0. The molecule has 0 aliphatic carbocycles. The Morgan fingerprint density at radius 1 is 1.11 bits per heavy atom. The van der Waals surface area contributed by atoms with Crippen LogP contribution in [-0.2, 0) is 16.1 Å². The first-order chi connectivity index (χ1) is 17.5. The molecule has 0 fully saturated rings. The van der Waals surface area contributed by atoms with E-state index in [9.17, 15) is 4.79 Å². The van der Waals surface area contributed by atoms with Crippen molar-refractivity contribution in [1.82, 2.24) is 14.8 Å². The van der Waals surface area contributed by atoms with Crippen LogP contribution >= 0.6 is 11.8 Å². The van der Waals surface area contributed by atoms with Crippen LogP contribution in [-0.4, -0.2) is 33.1 Å². The van der Waals surface area contributed by atoms with Crippen LogP contribution in [0.15, 0.2) is 65.0 Å². The van der Waals surface area contributed by atoms with Gasteiger partial charge in [0.15, 0.2) is 0 Å². The minimum atomic E-state index is -0.472. The molecular weight excluding hydrogens is 472 g/mol. The van der Waals surface area contributed by atoms with Crippen molar-refractivity contribution in [3.63, 3.8) is 0 Å². The van der Waals surface area contributed by atoms with Crippen LogP contribution in [0.1, 0.15) is 62.8 Å². The van der Waals surface area contributed by atoms with Crippen LogP contribution in [0, 0.1) is 6.92 Å². The maximum Gasteiger partial charge on any atom is 0.338 e. The Morgan fingerprint density at radius 3 is 2.72 bits per heavy atom. The lowest BCUT2D eigenvalue weighted by atomic mass is 9.95. The van der Waals surface area contributed by atoms with Gasteiger partial charge in [-0.1, -0.05) is 68.4 Å². The smallest absolute Gasteiger partial charge is 0.338 e. The average molecular weight is 507 g/mol. The van der Waals surface area contributed by atoms with Crippen molar-refractivity contribution in [3.05, 3.63) is 76.5 Å². The zero-order valence-electron chi connectivity index (χ0n) is 21.4. The van der Waals surface area contributed by atoms with Gasteiger partial charge < -0.3 is 14.8 Å². The monoisotopic (exact) mass is 506 g/mol. The Kier molecular flexibility index (Phi) is 8.70. The fraction of sp³-hybridized carbons (Fsp3) is 0.393. The Bertz CT molecular complexity index is 1240. The van der Waals surface area contributed by atoms with Gasteiger partial charge in [-0.15, -0.1) is 5.10 Å². The highest BCUT2D eigenvalue weighted by molar-refractivity contribution is 7.99. The number of aromatic nitrogens is 3. The highest BCUT2D eigenvalue weighted by Gasteiger charge is 2.35. The summed E-state index contributed by atoms with van der Waals surface area (Å²) in [5, 5.41) is 8.75. The van der Waals surface area contributed by atoms with E-state index in [4.69, 9.17) is 19.6 Å². The zero-order chi connectivity index (χ0) is 25.5. The lowest BCUT2D eigenvalue weighted by Gasteiger charge is -2.28. The molecule has 2 heterocycles. The van der Waals surface area contributed by atoms with E-state index >= 15 is 0 Å². The highest BCUT2D eigenvalue weighted by Crippen LogP contribution is 2.38. The predicted molar refractivity (Wildman–Crippen MR) is 143 cm³/mol. The average Bonchev–Trinajstić information content (AvgIpc) is 3.28. The molecule has 36 heavy (non-hydrogen) atoms. The molecule has 0 saturated carbocycles. The van der Waals surface area contributed by atoms with Gasteiger partial charge in [-0.05, 0) is 55.5 Å². The number of rotatable bonds is 11. The van der Waals surface area contributed by atoms with E-state index in [1.165, 1.54) is 5.56 Å². The van der Waals surface area contributed by atoms with Gasteiger partial charge in [0, 0.05) is 11.4 Å². The standard InChI is InChI=1S/C28H34N4O3S/c1-5-7-16-36-28-30-27-29-20(4)24(26(33)34-15-6-2)25(32(27)31-28)21-13-10-14-23(17-21)35-18-22-12-9-8-11-19(22)3/h8-14,17,25H,5-7,15-16,18H2,1-4H3,(H,29,30,31). The van der Waals surface area contributed by atoms with E-state index < -0.39 is 6.04 Å². The molecule has 7 nitrogen and oxygen atoms in total. The van der Waals surface area contributed by atoms with E-state index in [0.717, 1.165) is 47.6 Å². The minimum absolute atomic E-state index is 0.348. The van der Waals surface area contributed by atoms with E-state index in [-0.39, 0.29) is 5.97 Å². The highest BCUT2D eigenvalue weighted by atomic mass is 32.2. The number of fused-ring (bicyclic) bond motifs is 1. The van der Waals surface area contributed by atoms with Crippen molar-refractivity contribution in [2.24, 2.45) is 0 Å².